The Bertz CT molecular complexity index is 811. The van der Waals surface area contributed by atoms with Crippen molar-refractivity contribution < 1.29 is 22.7 Å². The number of carbonyl (C=O) groups is 1. The van der Waals surface area contributed by atoms with Crippen LogP contribution in [0.1, 0.15) is 28.8 Å². The van der Waals surface area contributed by atoms with Crippen LogP contribution in [0.25, 0.3) is 0 Å². The Balaban J connectivity index is 2.08. The first-order valence-electron chi connectivity index (χ1n) is 8.03. The lowest BCUT2D eigenvalue weighted by Gasteiger charge is -2.12. The summed E-state index contributed by atoms with van der Waals surface area (Å²) in [6, 6.07) is 7.43. The van der Waals surface area contributed by atoms with Gasteiger partial charge in [-0.2, -0.15) is 8.78 Å². The lowest BCUT2D eigenvalue weighted by Crippen LogP contribution is -2.36. The van der Waals surface area contributed by atoms with E-state index in [0.717, 1.165) is 0 Å². The number of primary amides is 1. The lowest BCUT2D eigenvalue weighted by atomic mass is 10.2. The number of furan rings is 1. The van der Waals surface area contributed by atoms with Crippen molar-refractivity contribution in [3.8, 4) is 5.75 Å². The normalized spacial score (nSPS) is 11.5. The SMILES string of the molecule is CCNC(=NCc1cc(Cl)ccc1OC(F)F)NCc1ccc(C(N)=O)o1. The van der Waals surface area contributed by atoms with Gasteiger partial charge in [0.1, 0.15) is 11.5 Å². The number of guanidine groups is 1. The smallest absolute Gasteiger partial charge is 0.387 e. The molecule has 0 unspecified atom stereocenters. The molecule has 0 radical (unpaired) electrons. The van der Waals surface area contributed by atoms with E-state index >= 15 is 0 Å². The van der Waals surface area contributed by atoms with Crippen LogP contribution in [0, 0.1) is 0 Å². The van der Waals surface area contributed by atoms with E-state index in [4.69, 9.17) is 21.8 Å². The molecule has 0 atom stereocenters. The second kappa shape index (κ2) is 9.77. The van der Waals surface area contributed by atoms with Crippen LogP contribution in [-0.2, 0) is 13.1 Å². The van der Waals surface area contributed by atoms with Crippen molar-refractivity contribution in [2.45, 2.75) is 26.6 Å². The van der Waals surface area contributed by atoms with Crippen molar-refractivity contribution in [1.29, 1.82) is 0 Å². The monoisotopic (exact) mass is 400 g/mol. The van der Waals surface area contributed by atoms with Gasteiger partial charge in [-0.05, 0) is 37.3 Å². The van der Waals surface area contributed by atoms with Gasteiger partial charge < -0.3 is 25.5 Å². The van der Waals surface area contributed by atoms with Crippen LogP contribution in [0.2, 0.25) is 5.02 Å². The van der Waals surface area contributed by atoms with E-state index in [1.807, 2.05) is 6.92 Å². The number of alkyl halides is 2. The minimum atomic E-state index is -2.95. The highest BCUT2D eigenvalue weighted by molar-refractivity contribution is 6.30. The summed E-state index contributed by atoms with van der Waals surface area (Å²) in [7, 11) is 0. The van der Waals surface area contributed by atoms with Gasteiger partial charge >= 0.3 is 6.61 Å². The van der Waals surface area contributed by atoms with Gasteiger partial charge in [0.05, 0.1) is 13.1 Å². The average molecular weight is 401 g/mol. The second-order valence-corrected chi connectivity index (χ2v) is 5.75. The fraction of sp³-hybridized carbons (Fsp3) is 0.294. The number of nitrogens with zero attached hydrogens (tertiary/aromatic N) is 1. The molecule has 1 aromatic carbocycles. The predicted molar refractivity (Wildman–Crippen MR) is 97.0 cm³/mol. The van der Waals surface area contributed by atoms with Crippen LogP contribution >= 0.6 is 11.6 Å². The zero-order valence-corrected chi connectivity index (χ0v) is 15.2. The largest absolute Gasteiger partial charge is 0.454 e. The van der Waals surface area contributed by atoms with Crippen LogP contribution < -0.4 is 21.1 Å². The molecule has 1 aromatic heterocycles. The van der Waals surface area contributed by atoms with E-state index in [0.29, 0.717) is 28.9 Å². The standard InChI is InChI=1S/C17H19ClF2N4O3/c1-2-22-17(24-9-12-4-6-14(26-12)15(21)25)23-8-10-7-11(18)3-5-13(10)27-16(19)20/h3-7,16H,2,8-9H2,1H3,(H2,21,25)(H2,22,23,24). The number of nitrogens with one attached hydrogen (secondary N) is 2. The zero-order valence-electron chi connectivity index (χ0n) is 14.5. The fourth-order valence-corrected chi connectivity index (χ4v) is 2.36. The molecule has 4 N–H and O–H groups in total. The Morgan fingerprint density at radius 1 is 1.33 bits per heavy atom. The zero-order chi connectivity index (χ0) is 19.8. The fourth-order valence-electron chi connectivity index (χ4n) is 2.16. The third-order valence-electron chi connectivity index (χ3n) is 3.32. The minimum Gasteiger partial charge on any atom is -0.454 e. The van der Waals surface area contributed by atoms with E-state index in [1.165, 1.54) is 24.3 Å². The molecule has 27 heavy (non-hydrogen) atoms. The van der Waals surface area contributed by atoms with E-state index in [2.05, 4.69) is 20.4 Å². The molecule has 0 saturated carbocycles. The van der Waals surface area contributed by atoms with Crippen molar-refractivity contribution in [3.63, 3.8) is 0 Å². The number of benzene rings is 1. The van der Waals surface area contributed by atoms with Crippen molar-refractivity contribution in [2.75, 3.05) is 6.54 Å². The molecule has 0 aliphatic heterocycles. The summed E-state index contributed by atoms with van der Waals surface area (Å²) in [6.07, 6.45) is 0. The Labute approximate surface area is 159 Å². The van der Waals surface area contributed by atoms with E-state index in [-0.39, 0.29) is 24.6 Å². The average Bonchev–Trinajstić information content (AvgIpc) is 3.08. The maximum Gasteiger partial charge on any atom is 0.387 e. The minimum absolute atomic E-state index is 0.00568. The second-order valence-electron chi connectivity index (χ2n) is 5.31. The van der Waals surface area contributed by atoms with E-state index < -0.39 is 12.5 Å². The molecule has 2 aromatic rings. The highest BCUT2D eigenvalue weighted by Gasteiger charge is 2.11. The molecule has 146 valence electrons. The van der Waals surface area contributed by atoms with Gasteiger partial charge in [-0.15, -0.1) is 0 Å². The third-order valence-corrected chi connectivity index (χ3v) is 3.56. The van der Waals surface area contributed by atoms with Crippen molar-refractivity contribution in [1.82, 2.24) is 10.6 Å². The van der Waals surface area contributed by atoms with Crippen LogP contribution in [0.5, 0.6) is 5.75 Å². The molecule has 0 spiro atoms. The van der Waals surface area contributed by atoms with Gasteiger partial charge in [-0.25, -0.2) is 4.99 Å². The molecule has 7 nitrogen and oxygen atoms in total. The number of ether oxygens (including phenoxy) is 1. The molecule has 0 aliphatic rings. The molecule has 10 heteroatoms. The van der Waals surface area contributed by atoms with Gasteiger partial charge in [0, 0.05) is 17.1 Å². The number of halogens is 3. The van der Waals surface area contributed by atoms with Gasteiger partial charge in [0.25, 0.3) is 5.91 Å². The summed E-state index contributed by atoms with van der Waals surface area (Å²) in [5.41, 5.74) is 5.55. The molecule has 2 rings (SSSR count). The molecule has 1 amide bonds. The van der Waals surface area contributed by atoms with Gasteiger partial charge in [-0.1, -0.05) is 11.6 Å². The van der Waals surface area contributed by atoms with Gasteiger partial charge in [0.2, 0.25) is 0 Å². The first-order chi connectivity index (χ1) is 12.9. The number of hydrogen-bond acceptors (Lipinski definition) is 4. The number of hydrogen-bond donors (Lipinski definition) is 3. The van der Waals surface area contributed by atoms with Gasteiger partial charge in [-0.3, -0.25) is 4.79 Å². The Hall–Kier alpha value is -2.81. The highest BCUT2D eigenvalue weighted by Crippen LogP contribution is 2.25. The lowest BCUT2D eigenvalue weighted by molar-refractivity contribution is -0.0504. The van der Waals surface area contributed by atoms with Crippen LogP contribution in [-0.4, -0.2) is 25.0 Å². The van der Waals surface area contributed by atoms with Crippen LogP contribution in [0.4, 0.5) is 8.78 Å². The number of aliphatic imine (C=N–C) groups is 1. The number of nitrogens with two attached hydrogens (primary N) is 1. The third kappa shape index (κ3) is 6.45. The molecule has 0 aliphatic carbocycles. The quantitative estimate of drug-likeness (QED) is 0.467. The maximum atomic E-state index is 12.5. The first kappa shape index (κ1) is 20.5. The molecular weight excluding hydrogens is 382 g/mol. The summed E-state index contributed by atoms with van der Waals surface area (Å²) in [4.78, 5) is 15.4. The summed E-state index contributed by atoms with van der Waals surface area (Å²) in [6.45, 7) is -0.192. The van der Waals surface area contributed by atoms with Crippen molar-refractivity contribution in [2.24, 2.45) is 10.7 Å². The van der Waals surface area contributed by atoms with Gasteiger partial charge in [0.15, 0.2) is 11.7 Å². The number of rotatable bonds is 8. The van der Waals surface area contributed by atoms with Crippen molar-refractivity contribution >= 4 is 23.5 Å². The van der Waals surface area contributed by atoms with E-state index in [9.17, 15) is 13.6 Å². The Morgan fingerprint density at radius 3 is 2.74 bits per heavy atom. The predicted octanol–water partition coefficient (Wildman–Crippen LogP) is 2.89. The summed E-state index contributed by atoms with van der Waals surface area (Å²) >= 11 is 5.93. The summed E-state index contributed by atoms with van der Waals surface area (Å²) < 4.78 is 34.8. The number of amides is 1. The number of carbonyl (C=O) groups excluding carboxylic acids is 1. The molecule has 0 saturated heterocycles. The van der Waals surface area contributed by atoms with Crippen LogP contribution in [0.15, 0.2) is 39.7 Å². The summed E-state index contributed by atoms with van der Waals surface area (Å²) in [5.74, 6) is 0.304. The van der Waals surface area contributed by atoms with Crippen molar-refractivity contribution in [3.05, 3.63) is 52.4 Å². The topological polar surface area (TPSA) is 102 Å². The summed E-state index contributed by atoms with van der Waals surface area (Å²) in [5, 5.41) is 6.40. The Kier molecular flexibility index (Phi) is 7.42. The highest BCUT2D eigenvalue weighted by atomic mass is 35.5. The molecule has 0 bridgehead atoms. The first-order valence-corrected chi connectivity index (χ1v) is 8.40. The Morgan fingerprint density at radius 2 is 2.11 bits per heavy atom. The molecule has 0 fully saturated rings. The molecule has 1 heterocycles. The van der Waals surface area contributed by atoms with Crippen LogP contribution in [0.3, 0.4) is 0 Å². The maximum absolute atomic E-state index is 12.5. The molecular formula is C17H19ClF2N4O3. The van der Waals surface area contributed by atoms with E-state index in [1.54, 1.807) is 6.07 Å².